The Labute approximate surface area is 374 Å². The Morgan fingerprint density at radius 1 is 0.672 bits per heavy atom. The highest BCUT2D eigenvalue weighted by Gasteiger charge is 2.69. The first kappa shape index (κ1) is 46.5. The molecular formula is C52H65O12+. The maximum Gasteiger partial charge on any atom is 0.402 e. The van der Waals surface area contributed by atoms with Crippen LogP contribution in [-0.4, -0.2) is 64.0 Å². The number of aliphatic carboxylic acids is 1. The van der Waals surface area contributed by atoms with Crippen molar-refractivity contribution in [3.05, 3.63) is 77.9 Å². The normalized spacial score (nSPS) is 33.5. The van der Waals surface area contributed by atoms with Crippen molar-refractivity contribution >= 4 is 22.9 Å². The highest BCUT2D eigenvalue weighted by Crippen LogP contribution is 2.75. The fourth-order valence-electron chi connectivity index (χ4n) is 13.5. The van der Waals surface area contributed by atoms with E-state index < -0.39 is 17.4 Å². The zero-order valence-electron chi connectivity index (χ0n) is 37.9. The third kappa shape index (κ3) is 7.49. The van der Waals surface area contributed by atoms with Gasteiger partial charge in [0.1, 0.15) is 22.6 Å². The number of phenols is 5. The minimum absolute atomic E-state index is 0.0302. The first-order valence-corrected chi connectivity index (χ1v) is 22.6. The van der Waals surface area contributed by atoms with E-state index in [1.807, 2.05) is 0 Å². The molecule has 5 aliphatic carbocycles. The predicted octanol–water partition coefficient (Wildman–Crippen LogP) is 11.1. The summed E-state index contributed by atoms with van der Waals surface area (Å²) in [4.78, 5) is 23.0. The third-order valence-corrected chi connectivity index (χ3v) is 17.6. The SMILES string of the molecule is C[C@H]1[C@H](C)CC[C@]2(C(=O)O)CC[C@]3(C)C(=CC[C@@H]4[C@@]5(C)CC[C@H](O)C(C)(C)[C@@H]5CC[C@]43C)[C@H]12.O=C(O)c1ccc(O)cc1.Oc1cc(O)c2cc(O)c(-c3ccc(O)c(O)c3)[o+]c2c1. The lowest BCUT2D eigenvalue weighted by Gasteiger charge is -2.71. The Morgan fingerprint density at radius 3 is 2.00 bits per heavy atom. The van der Waals surface area contributed by atoms with Gasteiger partial charge < -0.3 is 46.0 Å². The average molecular weight is 882 g/mol. The summed E-state index contributed by atoms with van der Waals surface area (Å²) in [5.74, 6) is -0.388. The van der Waals surface area contributed by atoms with Gasteiger partial charge in [-0.25, -0.2) is 9.21 Å². The van der Waals surface area contributed by atoms with Gasteiger partial charge in [-0.1, -0.05) is 60.1 Å². The van der Waals surface area contributed by atoms with Crippen molar-refractivity contribution in [1.29, 1.82) is 0 Å². The van der Waals surface area contributed by atoms with Crippen LogP contribution in [0.5, 0.6) is 34.5 Å². The van der Waals surface area contributed by atoms with E-state index in [2.05, 4.69) is 54.5 Å². The van der Waals surface area contributed by atoms with Crippen LogP contribution in [0.1, 0.15) is 117 Å². The van der Waals surface area contributed by atoms with Gasteiger partial charge in [-0.2, -0.15) is 0 Å². The summed E-state index contributed by atoms with van der Waals surface area (Å²) >= 11 is 0. The highest BCUT2D eigenvalue weighted by molar-refractivity contribution is 5.89. The van der Waals surface area contributed by atoms with E-state index in [1.54, 1.807) is 0 Å². The number of hydrogen-bond donors (Lipinski definition) is 9. The zero-order chi connectivity index (χ0) is 46.9. The second-order valence-electron chi connectivity index (χ2n) is 20.9. The first-order chi connectivity index (χ1) is 29.9. The average Bonchev–Trinajstić information content (AvgIpc) is 3.23. The lowest BCUT2D eigenvalue weighted by molar-refractivity contribution is -0.206. The van der Waals surface area contributed by atoms with E-state index in [-0.39, 0.29) is 90.5 Å². The number of aromatic carboxylic acids is 1. The molecule has 64 heavy (non-hydrogen) atoms. The summed E-state index contributed by atoms with van der Waals surface area (Å²) < 4.78 is 5.47. The molecule has 4 fully saturated rings. The summed E-state index contributed by atoms with van der Waals surface area (Å²) in [5, 5.41) is 86.8. The summed E-state index contributed by atoms with van der Waals surface area (Å²) in [5.41, 5.74) is 2.12. The Hall–Kier alpha value is -5.49. The molecule has 0 unspecified atom stereocenters. The van der Waals surface area contributed by atoms with E-state index in [1.165, 1.54) is 73.0 Å². The Balaban J connectivity index is 0.000000167. The van der Waals surface area contributed by atoms with Crippen molar-refractivity contribution in [2.24, 2.45) is 56.7 Å². The quantitative estimate of drug-likeness (QED) is 0.0532. The van der Waals surface area contributed by atoms with Gasteiger partial charge in [0.05, 0.1) is 28.7 Å². The van der Waals surface area contributed by atoms with Crippen molar-refractivity contribution in [1.82, 2.24) is 0 Å². The lowest BCUT2D eigenvalue weighted by Crippen LogP contribution is -2.65. The van der Waals surface area contributed by atoms with Crippen LogP contribution < -0.4 is 0 Å². The fourth-order valence-corrected chi connectivity index (χ4v) is 13.5. The van der Waals surface area contributed by atoms with Crippen LogP contribution in [0.2, 0.25) is 0 Å². The largest absolute Gasteiger partial charge is 0.508 e. The molecule has 12 heteroatoms. The molecule has 0 bridgehead atoms. The van der Waals surface area contributed by atoms with E-state index in [0.29, 0.717) is 29.2 Å². The number of aromatic hydroxyl groups is 6. The van der Waals surface area contributed by atoms with Crippen LogP contribution in [0.3, 0.4) is 0 Å². The molecule has 9 rings (SSSR count). The topological polar surface area (TPSA) is 228 Å². The van der Waals surface area contributed by atoms with Crippen LogP contribution in [0.15, 0.2) is 76.7 Å². The Kier molecular flexibility index (Phi) is 12.0. The summed E-state index contributed by atoms with van der Waals surface area (Å²) in [7, 11) is 0. The minimum atomic E-state index is -0.986. The number of benzene rings is 3. The number of allylic oxidation sites excluding steroid dienone is 2. The van der Waals surface area contributed by atoms with E-state index in [9.17, 15) is 45.3 Å². The van der Waals surface area contributed by atoms with Crippen molar-refractivity contribution < 1.29 is 60.0 Å². The molecule has 1 heterocycles. The van der Waals surface area contributed by atoms with Gasteiger partial charge >= 0.3 is 23.3 Å². The van der Waals surface area contributed by atoms with Gasteiger partial charge in [0.2, 0.25) is 5.75 Å². The fraction of sp³-hybridized carbons (Fsp3) is 0.519. The van der Waals surface area contributed by atoms with Crippen molar-refractivity contribution in [3.63, 3.8) is 0 Å². The first-order valence-electron chi connectivity index (χ1n) is 22.6. The minimum Gasteiger partial charge on any atom is -0.508 e. The molecule has 5 aliphatic rings. The van der Waals surface area contributed by atoms with E-state index in [4.69, 9.17) is 14.6 Å². The molecule has 0 amide bonds. The Bertz CT molecular complexity index is 2480. The number of carboxylic acid groups (broad SMARTS) is 2. The lowest BCUT2D eigenvalue weighted by atomic mass is 9.33. The van der Waals surface area contributed by atoms with Crippen LogP contribution in [0, 0.1) is 56.7 Å². The number of hydrogen-bond acceptors (Lipinski definition) is 9. The second-order valence-corrected chi connectivity index (χ2v) is 20.9. The van der Waals surface area contributed by atoms with Crippen molar-refractivity contribution in [2.75, 3.05) is 0 Å². The van der Waals surface area contributed by atoms with Gasteiger partial charge in [-0.05, 0) is 145 Å². The van der Waals surface area contributed by atoms with Gasteiger partial charge in [-0.3, -0.25) is 4.79 Å². The number of carboxylic acids is 2. The predicted molar refractivity (Wildman–Crippen MR) is 242 cm³/mol. The molecule has 4 saturated carbocycles. The molecule has 9 N–H and O–H groups in total. The standard InChI is InChI=1S/C30H48O3.C15H10O6.C7H6O3/c1-18-10-15-30(25(32)33)17-16-28(6)20(24(30)19(18)2)8-9-22-27(5)13-12-23(31)26(3,4)21(27)11-14-29(22,28)7;16-8-4-11(18)9-6-13(20)15(21-14(9)5-8)7-1-2-10(17)12(19)3-7;8-6-3-1-5(2-4-6)7(9)10/h8,18-19,21-24,31H,9-17H2,1-7H3,(H,32,33);1-6H,(H4-,16,17,18,19,20);1-4,8H,(H,9,10)/p+1/t18-,19+,21+,22-,23+,24+,27+,28-,29-,30+;;/m1../s1. The maximum atomic E-state index is 12.8. The Morgan fingerprint density at radius 2 is 1.36 bits per heavy atom. The van der Waals surface area contributed by atoms with Crippen LogP contribution in [0.25, 0.3) is 22.3 Å². The monoisotopic (exact) mass is 881 g/mol. The number of aliphatic hydroxyl groups is 1. The zero-order valence-corrected chi connectivity index (χ0v) is 37.9. The van der Waals surface area contributed by atoms with Crippen LogP contribution >= 0.6 is 0 Å². The molecule has 1 aromatic heterocycles. The van der Waals surface area contributed by atoms with Gasteiger partial charge in [0.25, 0.3) is 0 Å². The smallest absolute Gasteiger partial charge is 0.402 e. The molecule has 0 radical (unpaired) electrons. The summed E-state index contributed by atoms with van der Waals surface area (Å²) in [6.07, 6.45) is 11.6. The number of aliphatic hydroxyl groups excluding tert-OH is 1. The van der Waals surface area contributed by atoms with Crippen LogP contribution in [0.4, 0.5) is 0 Å². The molecule has 0 spiro atoms. The molecule has 12 nitrogen and oxygen atoms in total. The van der Waals surface area contributed by atoms with E-state index >= 15 is 0 Å². The maximum absolute atomic E-state index is 12.8. The van der Waals surface area contributed by atoms with Gasteiger partial charge in [-0.15, -0.1) is 0 Å². The summed E-state index contributed by atoms with van der Waals surface area (Å²) in [6.45, 7) is 17.0. The molecule has 3 aromatic carbocycles. The molecule has 0 saturated heterocycles. The third-order valence-electron chi connectivity index (χ3n) is 17.6. The number of fused-ring (bicyclic) bond motifs is 8. The number of carbonyl (C=O) groups is 2. The highest BCUT2D eigenvalue weighted by atomic mass is 16.4. The molecule has 4 aromatic rings. The molecule has 344 valence electrons. The van der Waals surface area contributed by atoms with Crippen molar-refractivity contribution in [3.8, 4) is 45.8 Å². The van der Waals surface area contributed by atoms with Crippen molar-refractivity contribution in [2.45, 2.75) is 112 Å². The number of phenolic OH excluding ortho intramolecular Hbond substituents is 5. The van der Waals surface area contributed by atoms with Gasteiger partial charge in [0, 0.05) is 18.2 Å². The van der Waals surface area contributed by atoms with Crippen LogP contribution in [-0.2, 0) is 4.79 Å². The second kappa shape index (κ2) is 16.5. The molecular weight excluding hydrogens is 817 g/mol. The molecule has 10 atom stereocenters. The van der Waals surface area contributed by atoms with Gasteiger partial charge in [0.15, 0.2) is 11.5 Å². The number of rotatable bonds is 3. The van der Waals surface area contributed by atoms with E-state index in [0.717, 1.165) is 51.0 Å². The summed E-state index contributed by atoms with van der Waals surface area (Å²) in [6, 6.07) is 13.0. The molecule has 0 aliphatic heterocycles.